The molecule has 5 nitrogen and oxygen atoms in total. The van der Waals surface area contributed by atoms with Crippen molar-refractivity contribution in [3.05, 3.63) is 28.0 Å². The van der Waals surface area contributed by atoms with Crippen molar-refractivity contribution in [1.82, 2.24) is 4.98 Å². The molecule has 0 saturated carbocycles. The quantitative estimate of drug-likeness (QED) is 0.604. The number of carbonyl (C=O) groups is 1. The molecule has 64 valence electrons. The van der Waals surface area contributed by atoms with Gasteiger partial charge >= 0.3 is 5.97 Å². The molecule has 0 aromatic carbocycles. The highest BCUT2D eigenvalue weighted by molar-refractivity contribution is 5.89. The van der Waals surface area contributed by atoms with Crippen LogP contribution in [0.2, 0.25) is 0 Å². The lowest BCUT2D eigenvalue weighted by molar-refractivity contribution is 0.0690. The van der Waals surface area contributed by atoms with Crippen molar-refractivity contribution in [2.24, 2.45) is 10.2 Å². The van der Waals surface area contributed by atoms with Crippen molar-refractivity contribution in [1.29, 1.82) is 0 Å². The summed E-state index contributed by atoms with van der Waals surface area (Å²) >= 11 is 0. The SMILES string of the molecule is C=c1nc(C(=O)O)cc2c1=NN=C2. The van der Waals surface area contributed by atoms with Crippen LogP contribution in [0.25, 0.3) is 6.58 Å². The normalized spacial score (nSPS) is 12.3. The topological polar surface area (TPSA) is 74.9 Å². The van der Waals surface area contributed by atoms with E-state index in [1.807, 2.05) is 0 Å². The molecule has 0 amide bonds. The van der Waals surface area contributed by atoms with E-state index < -0.39 is 5.97 Å². The van der Waals surface area contributed by atoms with Gasteiger partial charge in [-0.2, -0.15) is 5.10 Å². The molecule has 0 radical (unpaired) electrons. The number of hydrogen-bond donors (Lipinski definition) is 1. The van der Waals surface area contributed by atoms with Crippen LogP contribution in [-0.2, 0) is 0 Å². The van der Waals surface area contributed by atoms with E-state index >= 15 is 0 Å². The number of nitrogens with zero attached hydrogens (tertiary/aromatic N) is 3. The van der Waals surface area contributed by atoms with E-state index in [1.54, 1.807) is 0 Å². The molecule has 0 bridgehead atoms. The molecule has 2 rings (SSSR count). The van der Waals surface area contributed by atoms with Gasteiger partial charge in [-0.15, -0.1) is 5.10 Å². The van der Waals surface area contributed by atoms with Crippen LogP contribution in [0.4, 0.5) is 0 Å². The Bertz CT molecular complexity index is 519. The van der Waals surface area contributed by atoms with E-state index in [1.165, 1.54) is 12.3 Å². The fourth-order valence-corrected chi connectivity index (χ4v) is 1.09. The third-order valence-corrected chi connectivity index (χ3v) is 1.67. The van der Waals surface area contributed by atoms with Gasteiger partial charge in [-0.25, -0.2) is 9.78 Å². The lowest BCUT2D eigenvalue weighted by Crippen LogP contribution is -2.31. The predicted octanol–water partition coefficient (Wildman–Crippen LogP) is -0.843. The molecule has 1 aromatic rings. The van der Waals surface area contributed by atoms with E-state index in [2.05, 4.69) is 21.8 Å². The summed E-state index contributed by atoms with van der Waals surface area (Å²) in [7, 11) is 0. The minimum Gasteiger partial charge on any atom is -0.477 e. The summed E-state index contributed by atoms with van der Waals surface area (Å²) in [5.74, 6) is -1.08. The van der Waals surface area contributed by atoms with Gasteiger partial charge in [-0.1, -0.05) is 6.58 Å². The molecule has 2 heterocycles. The summed E-state index contributed by atoms with van der Waals surface area (Å²) in [5.41, 5.74) is 0.615. The van der Waals surface area contributed by atoms with Crippen molar-refractivity contribution in [3.63, 3.8) is 0 Å². The van der Waals surface area contributed by atoms with E-state index in [0.717, 1.165) is 0 Å². The van der Waals surface area contributed by atoms with Crippen molar-refractivity contribution in [2.45, 2.75) is 0 Å². The summed E-state index contributed by atoms with van der Waals surface area (Å²) < 4.78 is 0. The van der Waals surface area contributed by atoms with E-state index in [4.69, 9.17) is 5.11 Å². The Labute approximate surface area is 72.8 Å². The lowest BCUT2D eigenvalue weighted by atomic mass is 10.2. The van der Waals surface area contributed by atoms with Crippen molar-refractivity contribution in [3.8, 4) is 0 Å². The first-order valence-corrected chi connectivity index (χ1v) is 3.53. The Morgan fingerprint density at radius 2 is 2.31 bits per heavy atom. The molecule has 0 aliphatic carbocycles. The first kappa shape index (κ1) is 7.60. The first-order chi connectivity index (χ1) is 6.18. The maximum absolute atomic E-state index is 10.6. The van der Waals surface area contributed by atoms with E-state index in [9.17, 15) is 4.79 Å². The molecule has 13 heavy (non-hydrogen) atoms. The second-order valence-corrected chi connectivity index (χ2v) is 2.54. The highest BCUT2D eigenvalue weighted by Crippen LogP contribution is 1.95. The van der Waals surface area contributed by atoms with Crippen LogP contribution in [-0.4, -0.2) is 22.3 Å². The fourth-order valence-electron chi connectivity index (χ4n) is 1.09. The molecule has 1 N–H and O–H groups in total. The Kier molecular flexibility index (Phi) is 1.45. The highest BCUT2D eigenvalue weighted by Gasteiger charge is 2.09. The third-order valence-electron chi connectivity index (χ3n) is 1.67. The molecule has 0 spiro atoms. The van der Waals surface area contributed by atoms with Gasteiger partial charge in [0.2, 0.25) is 0 Å². The molecule has 0 atom stereocenters. The number of carboxylic acid groups (broad SMARTS) is 1. The number of pyridine rings is 1. The van der Waals surface area contributed by atoms with Gasteiger partial charge in [0.25, 0.3) is 0 Å². The monoisotopic (exact) mass is 175 g/mol. The summed E-state index contributed by atoms with van der Waals surface area (Å²) in [5, 5.41) is 17.0. The summed E-state index contributed by atoms with van der Waals surface area (Å²) in [6, 6.07) is 1.42. The van der Waals surface area contributed by atoms with Gasteiger partial charge in [-0.05, 0) is 6.07 Å². The molecule has 0 saturated heterocycles. The smallest absolute Gasteiger partial charge is 0.354 e. The van der Waals surface area contributed by atoms with Crippen LogP contribution in [0.3, 0.4) is 0 Å². The zero-order chi connectivity index (χ0) is 9.42. The Morgan fingerprint density at radius 3 is 3.00 bits per heavy atom. The van der Waals surface area contributed by atoms with Gasteiger partial charge in [0.1, 0.15) is 11.1 Å². The van der Waals surface area contributed by atoms with Gasteiger partial charge in [0.15, 0.2) is 0 Å². The zero-order valence-electron chi connectivity index (χ0n) is 6.56. The van der Waals surface area contributed by atoms with E-state index in [0.29, 0.717) is 16.3 Å². The Hall–Kier alpha value is -2.04. The second-order valence-electron chi connectivity index (χ2n) is 2.54. The standard InChI is InChI=1S/C8H5N3O2/c1-4-7-5(3-9-11-7)2-6(10-4)8(12)13/h2-3H,1H2,(H,12,13). The molecule has 0 fully saturated rings. The molecule has 1 aromatic heterocycles. The zero-order valence-corrected chi connectivity index (χ0v) is 6.56. The summed E-state index contributed by atoms with van der Waals surface area (Å²) in [6.07, 6.45) is 1.48. The maximum Gasteiger partial charge on any atom is 0.354 e. The average molecular weight is 175 g/mol. The van der Waals surface area contributed by atoms with Crippen LogP contribution < -0.4 is 10.7 Å². The number of carboxylic acids is 1. The third kappa shape index (κ3) is 1.10. The number of fused-ring (bicyclic) bond motifs is 1. The maximum atomic E-state index is 10.6. The second kappa shape index (κ2) is 2.48. The summed E-state index contributed by atoms with van der Waals surface area (Å²) in [6.45, 7) is 3.59. The van der Waals surface area contributed by atoms with Crippen LogP contribution in [0.5, 0.6) is 0 Å². The van der Waals surface area contributed by atoms with Crippen LogP contribution in [0.1, 0.15) is 16.1 Å². The number of aromatic nitrogens is 1. The first-order valence-electron chi connectivity index (χ1n) is 3.53. The molecule has 0 unspecified atom stereocenters. The largest absolute Gasteiger partial charge is 0.477 e. The van der Waals surface area contributed by atoms with Gasteiger partial charge in [0.05, 0.1) is 11.6 Å². The number of aromatic carboxylic acids is 1. The molecule has 1 aliphatic heterocycles. The van der Waals surface area contributed by atoms with Crippen LogP contribution >= 0.6 is 0 Å². The van der Waals surface area contributed by atoms with E-state index in [-0.39, 0.29) is 5.69 Å². The minimum absolute atomic E-state index is 0.0349. The van der Waals surface area contributed by atoms with Crippen molar-refractivity contribution in [2.75, 3.05) is 0 Å². The molecule has 1 aliphatic rings. The average Bonchev–Trinajstić information content (AvgIpc) is 2.51. The summed E-state index contributed by atoms with van der Waals surface area (Å²) in [4.78, 5) is 14.3. The molecule has 5 heteroatoms. The fraction of sp³-hybridized carbons (Fsp3) is 0. The number of hydrogen-bond acceptors (Lipinski definition) is 4. The van der Waals surface area contributed by atoms with Crippen LogP contribution in [0, 0.1) is 0 Å². The Balaban J connectivity index is 2.79. The van der Waals surface area contributed by atoms with Gasteiger partial charge < -0.3 is 5.11 Å². The predicted molar refractivity (Wildman–Crippen MR) is 45.1 cm³/mol. The number of rotatable bonds is 1. The lowest BCUT2D eigenvalue weighted by Gasteiger charge is -1.93. The van der Waals surface area contributed by atoms with Crippen molar-refractivity contribution >= 4 is 18.8 Å². The van der Waals surface area contributed by atoms with Crippen molar-refractivity contribution < 1.29 is 9.90 Å². The van der Waals surface area contributed by atoms with Gasteiger partial charge in [0, 0.05) is 5.56 Å². The molecular formula is C8H5N3O2. The molecular weight excluding hydrogens is 170 g/mol. The van der Waals surface area contributed by atoms with Crippen LogP contribution in [0.15, 0.2) is 16.3 Å². The van der Waals surface area contributed by atoms with Gasteiger partial charge in [-0.3, -0.25) is 0 Å². The minimum atomic E-state index is -1.08. The highest BCUT2D eigenvalue weighted by atomic mass is 16.4. The Morgan fingerprint density at radius 1 is 1.54 bits per heavy atom.